The van der Waals surface area contributed by atoms with Crippen molar-refractivity contribution in [3.63, 3.8) is 0 Å². The molecule has 1 N–H and O–H groups in total. The summed E-state index contributed by atoms with van der Waals surface area (Å²) in [5, 5.41) is 9.17. The lowest BCUT2D eigenvalue weighted by molar-refractivity contribution is -0.153. The second kappa shape index (κ2) is 6.81. The van der Waals surface area contributed by atoms with Gasteiger partial charge in [-0.15, -0.1) is 0 Å². The zero-order valence-corrected chi connectivity index (χ0v) is 13.5. The normalized spacial score (nSPS) is 16.3. The number of amides is 1. The molecule has 6 heteroatoms. The van der Waals surface area contributed by atoms with Crippen LogP contribution in [0.4, 0.5) is 0 Å². The lowest BCUT2D eigenvalue weighted by Crippen LogP contribution is -2.49. The number of hydrogen-bond acceptors (Lipinski definition) is 4. The third-order valence-corrected chi connectivity index (χ3v) is 3.87. The summed E-state index contributed by atoms with van der Waals surface area (Å²) in [5.41, 5.74) is 0.500. The van der Waals surface area contributed by atoms with Crippen LogP contribution in [0.25, 0.3) is 0 Å². The number of carbonyl (C=O) groups excluding carboxylic acids is 2. The summed E-state index contributed by atoms with van der Waals surface area (Å²) in [5.74, 6) is -1.06. The number of aliphatic carboxylic acids is 1. The fraction of sp³-hybridized carbons (Fsp3) is 0.471. The number of nitrogens with zero attached hydrogens (tertiary/aromatic N) is 1. The smallest absolute Gasteiger partial charge is 0.326 e. The van der Waals surface area contributed by atoms with Crippen LogP contribution in [0.2, 0.25) is 0 Å². The van der Waals surface area contributed by atoms with Crippen molar-refractivity contribution in [1.29, 1.82) is 0 Å². The molecule has 0 spiro atoms. The van der Waals surface area contributed by atoms with Crippen molar-refractivity contribution in [3.05, 3.63) is 29.8 Å². The van der Waals surface area contributed by atoms with Gasteiger partial charge in [0, 0.05) is 11.6 Å². The molecule has 0 radical (unpaired) electrons. The van der Waals surface area contributed by atoms with E-state index < -0.39 is 18.1 Å². The Morgan fingerprint density at radius 2 is 1.91 bits per heavy atom. The number of carbonyl (C=O) groups is 3. The Kier molecular flexibility index (Phi) is 5.03. The minimum atomic E-state index is -1.03. The first kappa shape index (κ1) is 17.0. The standard InChI is InChI=1S/C17H21NO5/c1-10(17(21)22)18(14-7-8-14)16(20)12(3)23-15-6-4-5-13(9-15)11(2)19/h4-6,9-10,12,14H,7-8H2,1-3H3,(H,21,22). The minimum absolute atomic E-state index is 0.0248. The summed E-state index contributed by atoms with van der Waals surface area (Å²) in [6, 6.07) is 5.69. The second-order valence-corrected chi connectivity index (χ2v) is 5.83. The van der Waals surface area contributed by atoms with Gasteiger partial charge >= 0.3 is 5.97 Å². The third kappa shape index (κ3) is 4.09. The molecule has 124 valence electrons. The zero-order chi connectivity index (χ0) is 17.1. The molecule has 0 aliphatic heterocycles. The lowest BCUT2D eigenvalue weighted by Gasteiger charge is -2.29. The average molecular weight is 319 g/mol. The number of hydrogen-bond donors (Lipinski definition) is 1. The van der Waals surface area contributed by atoms with Crippen LogP contribution in [0.5, 0.6) is 5.75 Å². The summed E-state index contributed by atoms with van der Waals surface area (Å²) in [6.07, 6.45) is 0.811. The van der Waals surface area contributed by atoms with Gasteiger partial charge < -0.3 is 14.7 Å². The molecule has 1 aromatic carbocycles. The molecule has 1 aliphatic carbocycles. The fourth-order valence-corrected chi connectivity index (χ4v) is 2.41. The van der Waals surface area contributed by atoms with Crippen LogP contribution < -0.4 is 4.74 Å². The molecule has 6 nitrogen and oxygen atoms in total. The molecule has 0 bridgehead atoms. The largest absolute Gasteiger partial charge is 0.481 e. The number of carboxylic acids is 1. The Hall–Kier alpha value is -2.37. The maximum absolute atomic E-state index is 12.6. The highest BCUT2D eigenvalue weighted by atomic mass is 16.5. The molecule has 23 heavy (non-hydrogen) atoms. The van der Waals surface area contributed by atoms with Crippen LogP contribution in [0.3, 0.4) is 0 Å². The van der Waals surface area contributed by atoms with E-state index in [1.54, 1.807) is 31.2 Å². The monoisotopic (exact) mass is 319 g/mol. The Morgan fingerprint density at radius 3 is 2.43 bits per heavy atom. The molecule has 1 aromatic rings. The number of ether oxygens (including phenoxy) is 1. The first-order chi connectivity index (χ1) is 10.8. The van der Waals surface area contributed by atoms with Crippen molar-refractivity contribution in [3.8, 4) is 5.75 Å². The van der Waals surface area contributed by atoms with Crippen molar-refractivity contribution < 1.29 is 24.2 Å². The SMILES string of the molecule is CC(=O)c1cccc(OC(C)C(=O)N(C2CC2)C(C)C(=O)O)c1. The summed E-state index contributed by atoms with van der Waals surface area (Å²) < 4.78 is 5.62. The lowest BCUT2D eigenvalue weighted by atomic mass is 10.1. The second-order valence-electron chi connectivity index (χ2n) is 5.83. The number of ketones is 1. The van der Waals surface area contributed by atoms with Crippen LogP contribution in [0.15, 0.2) is 24.3 Å². The maximum Gasteiger partial charge on any atom is 0.326 e. The molecular formula is C17H21NO5. The molecular weight excluding hydrogens is 298 g/mol. The van der Waals surface area contributed by atoms with E-state index in [0.717, 1.165) is 12.8 Å². The van der Waals surface area contributed by atoms with E-state index in [1.807, 2.05) is 0 Å². The van der Waals surface area contributed by atoms with Crippen molar-refractivity contribution in [1.82, 2.24) is 4.90 Å². The van der Waals surface area contributed by atoms with Gasteiger partial charge in [0.1, 0.15) is 11.8 Å². The first-order valence-corrected chi connectivity index (χ1v) is 7.64. The van der Waals surface area contributed by atoms with E-state index >= 15 is 0 Å². The first-order valence-electron chi connectivity index (χ1n) is 7.64. The molecule has 2 unspecified atom stereocenters. The molecule has 1 saturated carbocycles. The van der Waals surface area contributed by atoms with Crippen molar-refractivity contribution in [2.24, 2.45) is 0 Å². The highest BCUT2D eigenvalue weighted by Gasteiger charge is 2.40. The zero-order valence-electron chi connectivity index (χ0n) is 13.5. The predicted octanol–water partition coefficient (Wildman–Crippen LogP) is 2.12. The highest BCUT2D eigenvalue weighted by molar-refractivity contribution is 5.94. The number of Topliss-reactive ketones (excluding diaryl/α,β-unsaturated/α-hetero) is 1. The molecule has 1 aliphatic rings. The van der Waals surface area contributed by atoms with Gasteiger partial charge in [0.25, 0.3) is 5.91 Å². The Balaban J connectivity index is 2.10. The van der Waals surface area contributed by atoms with Gasteiger partial charge in [-0.25, -0.2) is 4.79 Å². The van der Waals surface area contributed by atoms with E-state index in [4.69, 9.17) is 4.74 Å². The van der Waals surface area contributed by atoms with E-state index in [-0.39, 0.29) is 17.7 Å². The number of benzene rings is 1. The summed E-state index contributed by atoms with van der Waals surface area (Å²) >= 11 is 0. The van der Waals surface area contributed by atoms with Gasteiger partial charge in [-0.1, -0.05) is 12.1 Å². The maximum atomic E-state index is 12.6. The van der Waals surface area contributed by atoms with Gasteiger partial charge in [-0.3, -0.25) is 9.59 Å². The molecule has 0 aromatic heterocycles. The summed E-state index contributed by atoms with van der Waals surface area (Å²) in [6.45, 7) is 4.55. The van der Waals surface area contributed by atoms with E-state index in [2.05, 4.69) is 0 Å². The van der Waals surface area contributed by atoms with E-state index in [9.17, 15) is 19.5 Å². The minimum Gasteiger partial charge on any atom is -0.481 e. The van der Waals surface area contributed by atoms with Crippen LogP contribution >= 0.6 is 0 Å². The average Bonchev–Trinajstić information content (AvgIpc) is 3.32. The Bertz CT molecular complexity index is 623. The highest BCUT2D eigenvalue weighted by Crippen LogP contribution is 2.30. The van der Waals surface area contributed by atoms with E-state index in [1.165, 1.54) is 18.7 Å². The quantitative estimate of drug-likeness (QED) is 0.778. The molecule has 0 saturated heterocycles. The third-order valence-electron chi connectivity index (χ3n) is 3.87. The van der Waals surface area contributed by atoms with Gasteiger partial charge in [0.15, 0.2) is 11.9 Å². The van der Waals surface area contributed by atoms with Crippen LogP contribution in [0, 0.1) is 0 Å². The molecule has 1 fully saturated rings. The summed E-state index contributed by atoms with van der Waals surface area (Å²) in [7, 11) is 0. The summed E-state index contributed by atoms with van der Waals surface area (Å²) in [4.78, 5) is 36.6. The molecule has 0 heterocycles. The van der Waals surface area contributed by atoms with Gasteiger partial charge in [0.2, 0.25) is 0 Å². The number of carboxylic acid groups (broad SMARTS) is 1. The van der Waals surface area contributed by atoms with Crippen LogP contribution in [-0.2, 0) is 9.59 Å². The van der Waals surface area contributed by atoms with Crippen molar-refractivity contribution in [2.45, 2.75) is 51.8 Å². The molecule has 1 amide bonds. The van der Waals surface area contributed by atoms with Crippen LogP contribution in [0.1, 0.15) is 44.0 Å². The van der Waals surface area contributed by atoms with Crippen molar-refractivity contribution in [2.75, 3.05) is 0 Å². The van der Waals surface area contributed by atoms with Gasteiger partial charge in [-0.05, 0) is 45.7 Å². The Morgan fingerprint density at radius 1 is 1.26 bits per heavy atom. The molecule has 2 rings (SSSR count). The van der Waals surface area contributed by atoms with Crippen molar-refractivity contribution >= 4 is 17.7 Å². The van der Waals surface area contributed by atoms with Crippen LogP contribution in [-0.4, -0.2) is 45.9 Å². The topological polar surface area (TPSA) is 83.9 Å². The predicted molar refractivity (Wildman–Crippen MR) is 83.5 cm³/mol. The Labute approximate surface area is 135 Å². The van der Waals surface area contributed by atoms with E-state index in [0.29, 0.717) is 11.3 Å². The van der Waals surface area contributed by atoms with Gasteiger partial charge in [-0.2, -0.15) is 0 Å². The molecule has 2 atom stereocenters. The fourth-order valence-electron chi connectivity index (χ4n) is 2.41. The van der Waals surface area contributed by atoms with Gasteiger partial charge in [0.05, 0.1) is 0 Å². The number of rotatable bonds is 7.